The van der Waals surface area contributed by atoms with Crippen LogP contribution in [0.5, 0.6) is 0 Å². The van der Waals surface area contributed by atoms with E-state index in [0.717, 1.165) is 21.5 Å². The fraction of sp³-hybridized carbons (Fsp3) is 0.111. The van der Waals surface area contributed by atoms with Gasteiger partial charge in [0.05, 0.1) is 12.0 Å². The molecule has 1 aliphatic rings. The number of benzene rings is 3. The molecule has 0 amide bonds. The minimum atomic E-state index is -0.983. The van der Waals surface area contributed by atoms with Crippen LogP contribution < -0.4 is 0 Å². The summed E-state index contributed by atoms with van der Waals surface area (Å²) in [5.74, 6) is -1.42. The molecule has 0 fully saturated rings. The fourth-order valence-electron chi connectivity index (χ4n) is 3.16. The molecule has 1 unspecified atom stereocenters. The Hall–Kier alpha value is -2.88. The van der Waals surface area contributed by atoms with Gasteiger partial charge in [0.1, 0.15) is 6.10 Å². The van der Waals surface area contributed by atoms with Gasteiger partial charge in [0, 0.05) is 10.9 Å². The first-order chi connectivity index (χ1) is 10.6. The van der Waals surface area contributed by atoms with E-state index in [4.69, 9.17) is 9.84 Å². The summed E-state index contributed by atoms with van der Waals surface area (Å²) in [4.78, 5) is 23.3. The molecule has 4 nitrogen and oxygen atoms in total. The van der Waals surface area contributed by atoms with Gasteiger partial charge in [0.2, 0.25) is 0 Å². The lowest BCUT2D eigenvalue weighted by atomic mass is 9.93. The Balaban J connectivity index is 2.07. The Labute approximate surface area is 125 Å². The van der Waals surface area contributed by atoms with Gasteiger partial charge < -0.3 is 9.84 Å². The van der Waals surface area contributed by atoms with Crippen molar-refractivity contribution >= 4 is 33.5 Å². The average molecular weight is 292 g/mol. The second-order valence-electron chi connectivity index (χ2n) is 5.41. The Kier molecular flexibility index (Phi) is 2.66. The third-order valence-electron chi connectivity index (χ3n) is 4.10. The molecule has 0 bridgehead atoms. The molecule has 0 aliphatic carbocycles. The maximum Gasteiger partial charge on any atom is 0.339 e. The number of hydrogen-bond acceptors (Lipinski definition) is 3. The molecule has 0 saturated heterocycles. The summed E-state index contributed by atoms with van der Waals surface area (Å²) in [6.07, 6.45) is -0.918. The van der Waals surface area contributed by atoms with Crippen molar-refractivity contribution in [3.8, 4) is 0 Å². The van der Waals surface area contributed by atoms with Gasteiger partial charge in [0.15, 0.2) is 0 Å². The zero-order valence-corrected chi connectivity index (χ0v) is 11.6. The number of aliphatic carboxylic acids is 1. The molecule has 1 heterocycles. The summed E-state index contributed by atoms with van der Waals surface area (Å²) in [7, 11) is 0. The van der Waals surface area contributed by atoms with Crippen molar-refractivity contribution in [3.05, 3.63) is 59.7 Å². The lowest BCUT2D eigenvalue weighted by Crippen LogP contribution is -2.05. The zero-order chi connectivity index (χ0) is 15.3. The van der Waals surface area contributed by atoms with E-state index in [9.17, 15) is 9.59 Å². The van der Waals surface area contributed by atoms with Crippen LogP contribution in [0.15, 0.2) is 48.5 Å². The van der Waals surface area contributed by atoms with Crippen LogP contribution in [0.25, 0.3) is 21.5 Å². The molecule has 3 aromatic carbocycles. The number of rotatable bonds is 2. The molecule has 1 atom stereocenters. The minimum Gasteiger partial charge on any atom is -0.481 e. The standard InChI is InChI=1S/C18H12O4/c19-15(20)9-14-13-8-7-11-6-5-10-3-1-2-4-12(10)16(11)17(13)18(21)22-14/h1-8,14H,9H2,(H,19,20). The van der Waals surface area contributed by atoms with Crippen LogP contribution in [-0.4, -0.2) is 17.0 Å². The molecular formula is C18H12O4. The van der Waals surface area contributed by atoms with Gasteiger partial charge in [-0.1, -0.05) is 48.5 Å². The van der Waals surface area contributed by atoms with Gasteiger partial charge in [0.25, 0.3) is 0 Å². The maximum atomic E-state index is 12.3. The largest absolute Gasteiger partial charge is 0.481 e. The second-order valence-corrected chi connectivity index (χ2v) is 5.41. The fourth-order valence-corrected chi connectivity index (χ4v) is 3.16. The number of carboxylic acid groups (broad SMARTS) is 1. The first-order valence-corrected chi connectivity index (χ1v) is 7.02. The maximum absolute atomic E-state index is 12.3. The number of cyclic esters (lactones) is 1. The van der Waals surface area contributed by atoms with Crippen molar-refractivity contribution < 1.29 is 19.4 Å². The molecule has 22 heavy (non-hydrogen) atoms. The van der Waals surface area contributed by atoms with E-state index in [0.29, 0.717) is 11.1 Å². The van der Waals surface area contributed by atoms with E-state index in [-0.39, 0.29) is 6.42 Å². The van der Waals surface area contributed by atoms with Crippen molar-refractivity contribution in [1.29, 1.82) is 0 Å². The van der Waals surface area contributed by atoms with E-state index in [1.165, 1.54) is 0 Å². The Morgan fingerprint density at radius 1 is 1.05 bits per heavy atom. The Bertz CT molecular complexity index is 942. The van der Waals surface area contributed by atoms with Crippen LogP contribution in [0, 0.1) is 0 Å². The predicted molar refractivity (Wildman–Crippen MR) is 81.9 cm³/mol. The molecule has 1 N–H and O–H groups in total. The highest BCUT2D eigenvalue weighted by Gasteiger charge is 2.34. The van der Waals surface area contributed by atoms with Gasteiger partial charge in [-0.25, -0.2) is 4.79 Å². The smallest absolute Gasteiger partial charge is 0.339 e. The lowest BCUT2D eigenvalue weighted by Gasteiger charge is -2.09. The van der Waals surface area contributed by atoms with E-state index in [2.05, 4.69) is 0 Å². The van der Waals surface area contributed by atoms with Gasteiger partial charge in [-0.3, -0.25) is 4.79 Å². The Morgan fingerprint density at radius 3 is 2.59 bits per heavy atom. The van der Waals surface area contributed by atoms with Gasteiger partial charge in [-0.2, -0.15) is 0 Å². The van der Waals surface area contributed by atoms with Crippen LogP contribution in [0.4, 0.5) is 0 Å². The van der Waals surface area contributed by atoms with Crippen LogP contribution in [0.1, 0.15) is 28.4 Å². The van der Waals surface area contributed by atoms with E-state index < -0.39 is 18.0 Å². The Morgan fingerprint density at radius 2 is 1.77 bits per heavy atom. The van der Waals surface area contributed by atoms with E-state index >= 15 is 0 Å². The summed E-state index contributed by atoms with van der Waals surface area (Å²) < 4.78 is 5.28. The highest BCUT2D eigenvalue weighted by Crippen LogP contribution is 2.39. The summed E-state index contributed by atoms with van der Waals surface area (Å²) in [5.41, 5.74) is 1.16. The molecule has 4 heteroatoms. The quantitative estimate of drug-likeness (QED) is 0.578. The number of ether oxygens (including phenoxy) is 1. The SMILES string of the molecule is O=C(O)CC1OC(=O)c2c1ccc1ccc3ccccc3c21. The average Bonchev–Trinajstić information content (AvgIpc) is 2.82. The number of carboxylic acids is 1. The number of hydrogen-bond donors (Lipinski definition) is 1. The van der Waals surface area contributed by atoms with Crippen molar-refractivity contribution in [3.63, 3.8) is 0 Å². The normalized spacial score (nSPS) is 16.7. The zero-order valence-electron chi connectivity index (χ0n) is 11.6. The topological polar surface area (TPSA) is 63.6 Å². The minimum absolute atomic E-state index is 0.213. The number of carbonyl (C=O) groups is 2. The predicted octanol–water partition coefficient (Wildman–Crippen LogP) is 3.68. The third-order valence-corrected chi connectivity index (χ3v) is 4.10. The van der Waals surface area contributed by atoms with E-state index in [1.54, 1.807) is 6.07 Å². The lowest BCUT2D eigenvalue weighted by molar-refractivity contribution is -0.139. The summed E-state index contributed by atoms with van der Waals surface area (Å²) in [5, 5.41) is 12.8. The highest BCUT2D eigenvalue weighted by molar-refractivity contribution is 6.18. The van der Waals surface area contributed by atoms with Crippen LogP contribution in [-0.2, 0) is 9.53 Å². The second kappa shape index (κ2) is 4.56. The summed E-state index contributed by atoms with van der Waals surface area (Å²) in [6, 6.07) is 15.5. The van der Waals surface area contributed by atoms with Crippen LogP contribution in [0.3, 0.4) is 0 Å². The van der Waals surface area contributed by atoms with Gasteiger partial charge in [-0.15, -0.1) is 0 Å². The molecule has 4 rings (SSSR count). The summed E-state index contributed by atoms with van der Waals surface area (Å²) in [6.45, 7) is 0. The van der Waals surface area contributed by atoms with Crippen molar-refractivity contribution in [2.75, 3.05) is 0 Å². The third kappa shape index (κ3) is 1.77. The van der Waals surface area contributed by atoms with Crippen LogP contribution in [0.2, 0.25) is 0 Å². The molecule has 3 aromatic rings. The van der Waals surface area contributed by atoms with Crippen molar-refractivity contribution in [2.24, 2.45) is 0 Å². The molecule has 0 aromatic heterocycles. The van der Waals surface area contributed by atoms with Crippen molar-refractivity contribution in [2.45, 2.75) is 12.5 Å². The summed E-state index contributed by atoms with van der Waals surface area (Å²) >= 11 is 0. The molecule has 108 valence electrons. The van der Waals surface area contributed by atoms with Crippen molar-refractivity contribution in [1.82, 2.24) is 0 Å². The molecule has 0 radical (unpaired) electrons. The molecular weight excluding hydrogens is 280 g/mol. The van der Waals surface area contributed by atoms with Gasteiger partial charge >= 0.3 is 11.9 Å². The number of esters is 1. The number of carbonyl (C=O) groups excluding carboxylic acids is 1. The monoisotopic (exact) mass is 292 g/mol. The first-order valence-electron chi connectivity index (χ1n) is 7.02. The molecule has 0 spiro atoms. The van der Waals surface area contributed by atoms with Gasteiger partial charge in [-0.05, 0) is 16.2 Å². The highest BCUT2D eigenvalue weighted by atomic mass is 16.5. The van der Waals surface area contributed by atoms with E-state index in [1.807, 2.05) is 42.5 Å². The van der Waals surface area contributed by atoms with Crippen LogP contribution >= 0.6 is 0 Å². The molecule has 1 aliphatic heterocycles. The number of fused-ring (bicyclic) bond motifs is 5. The molecule has 0 saturated carbocycles. The first kappa shape index (κ1) is 12.8.